The van der Waals surface area contributed by atoms with Crippen LogP contribution in [0.25, 0.3) is 11.3 Å². The molecule has 1 amide bonds. The predicted molar refractivity (Wildman–Crippen MR) is 123 cm³/mol. The Labute approximate surface area is 186 Å². The molecule has 3 aromatic rings. The van der Waals surface area contributed by atoms with Crippen molar-refractivity contribution in [1.29, 1.82) is 0 Å². The molecule has 1 aliphatic rings. The van der Waals surface area contributed by atoms with Crippen molar-refractivity contribution < 1.29 is 4.79 Å². The lowest BCUT2D eigenvalue weighted by molar-refractivity contribution is -0.122. The number of hydrogen-bond donors (Lipinski definition) is 1. The molecular formula is C24H25ClN4O2. The number of piperidine rings is 1. The first-order valence-electron chi connectivity index (χ1n) is 10.5. The van der Waals surface area contributed by atoms with Crippen LogP contribution in [-0.4, -0.2) is 28.8 Å². The third-order valence-electron chi connectivity index (χ3n) is 5.45. The summed E-state index contributed by atoms with van der Waals surface area (Å²) in [6.45, 7) is 2.41. The van der Waals surface area contributed by atoms with Crippen LogP contribution in [0.4, 0.5) is 5.69 Å². The van der Waals surface area contributed by atoms with Crippen molar-refractivity contribution in [2.75, 3.05) is 18.0 Å². The van der Waals surface area contributed by atoms with Gasteiger partial charge in [0.05, 0.1) is 5.69 Å². The standard InChI is InChI=1S/C24H25ClN4O2/c25-20-8-4-18(5-9-20)16-26-23(30)17-29-24(31)13-12-22(27-29)19-6-10-21(11-7-19)28-14-2-1-3-15-28/h4-13H,1-3,14-17H2,(H,26,30). The highest BCUT2D eigenvalue weighted by molar-refractivity contribution is 6.30. The Kier molecular flexibility index (Phi) is 6.67. The van der Waals surface area contributed by atoms with Gasteiger partial charge in [0.15, 0.2) is 0 Å². The highest BCUT2D eigenvalue weighted by Gasteiger charge is 2.12. The van der Waals surface area contributed by atoms with Crippen LogP contribution in [0, 0.1) is 0 Å². The summed E-state index contributed by atoms with van der Waals surface area (Å²) in [4.78, 5) is 26.9. The smallest absolute Gasteiger partial charge is 0.267 e. The molecule has 0 spiro atoms. The van der Waals surface area contributed by atoms with E-state index in [1.54, 1.807) is 18.2 Å². The average molecular weight is 437 g/mol. The molecule has 0 saturated carbocycles. The molecule has 7 heteroatoms. The second-order valence-corrected chi connectivity index (χ2v) is 8.15. The molecule has 1 saturated heterocycles. The first-order valence-corrected chi connectivity index (χ1v) is 10.9. The van der Waals surface area contributed by atoms with Crippen LogP contribution in [0.5, 0.6) is 0 Å². The van der Waals surface area contributed by atoms with E-state index in [1.165, 1.54) is 35.7 Å². The van der Waals surface area contributed by atoms with Gasteiger partial charge in [-0.15, -0.1) is 0 Å². The lowest BCUT2D eigenvalue weighted by Gasteiger charge is -2.28. The molecule has 2 heterocycles. The molecule has 31 heavy (non-hydrogen) atoms. The Bertz CT molecular complexity index is 1090. The van der Waals surface area contributed by atoms with Crippen molar-refractivity contribution >= 4 is 23.2 Å². The molecule has 1 aromatic heterocycles. The van der Waals surface area contributed by atoms with Crippen LogP contribution in [0.1, 0.15) is 24.8 Å². The van der Waals surface area contributed by atoms with Gasteiger partial charge in [-0.2, -0.15) is 5.10 Å². The zero-order chi connectivity index (χ0) is 21.6. The summed E-state index contributed by atoms with van der Waals surface area (Å²) < 4.78 is 1.20. The van der Waals surface area contributed by atoms with E-state index in [0.717, 1.165) is 24.2 Å². The molecule has 6 nitrogen and oxygen atoms in total. The molecule has 0 radical (unpaired) electrons. The highest BCUT2D eigenvalue weighted by Crippen LogP contribution is 2.23. The van der Waals surface area contributed by atoms with Gasteiger partial charge in [-0.1, -0.05) is 35.9 Å². The molecule has 4 rings (SSSR count). The minimum Gasteiger partial charge on any atom is -0.372 e. The molecule has 1 fully saturated rings. The van der Waals surface area contributed by atoms with E-state index in [4.69, 9.17) is 11.6 Å². The maximum atomic E-state index is 12.3. The van der Waals surface area contributed by atoms with Gasteiger partial charge in [-0.05, 0) is 55.2 Å². The van der Waals surface area contributed by atoms with E-state index >= 15 is 0 Å². The fourth-order valence-corrected chi connectivity index (χ4v) is 3.83. The van der Waals surface area contributed by atoms with Gasteiger partial charge >= 0.3 is 0 Å². The summed E-state index contributed by atoms with van der Waals surface area (Å²) in [5.74, 6) is -0.276. The topological polar surface area (TPSA) is 67.2 Å². The Morgan fingerprint density at radius 1 is 0.935 bits per heavy atom. The summed E-state index contributed by atoms with van der Waals surface area (Å²) in [5, 5.41) is 7.86. The first kappa shape index (κ1) is 21.1. The summed E-state index contributed by atoms with van der Waals surface area (Å²) in [5.41, 5.74) is 3.40. The van der Waals surface area contributed by atoms with E-state index in [1.807, 2.05) is 24.3 Å². The van der Waals surface area contributed by atoms with Crippen LogP contribution >= 0.6 is 11.6 Å². The molecular weight excluding hydrogens is 412 g/mol. The van der Waals surface area contributed by atoms with Crippen molar-refractivity contribution in [1.82, 2.24) is 15.1 Å². The van der Waals surface area contributed by atoms with Gasteiger partial charge in [0.1, 0.15) is 6.54 Å². The molecule has 0 bridgehead atoms. The van der Waals surface area contributed by atoms with Gasteiger partial charge < -0.3 is 10.2 Å². The van der Waals surface area contributed by atoms with Crippen LogP contribution in [0.2, 0.25) is 5.02 Å². The molecule has 0 unspecified atom stereocenters. The third kappa shape index (κ3) is 5.52. The molecule has 0 atom stereocenters. The van der Waals surface area contributed by atoms with Crippen molar-refractivity contribution in [3.05, 3.63) is 81.6 Å². The van der Waals surface area contributed by atoms with Crippen molar-refractivity contribution in [3.8, 4) is 11.3 Å². The second kappa shape index (κ2) is 9.79. The molecule has 1 aliphatic heterocycles. The van der Waals surface area contributed by atoms with Crippen molar-refractivity contribution in [3.63, 3.8) is 0 Å². The quantitative estimate of drug-likeness (QED) is 0.637. The van der Waals surface area contributed by atoms with Gasteiger partial charge in [0.2, 0.25) is 5.91 Å². The van der Waals surface area contributed by atoms with Crippen LogP contribution in [0.15, 0.2) is 65.5 Å². The molecule has 160 valence electrons. The van der Waals surface area contributed by atoms with Crippen LogP contribution in [0.3, 0.4) is 0 Å². The normalized spacial score (nSPS) is 13.8. The van der Waals surface area contributed by atoms with Gasteiger partial charge in [-0.3, -0.25) is 9.59 Å². The summed E-state index contributed by atoms with van der Waals surface area (Å²) in [7, 11) is 0. The molecule has 0 aliphatic carbocycles. The number of aromatic nitrogens is 2. The maximum absolute atomic E-state index is 12.3. The number of carbonyl (C=O) groups excluding carboxylic acids is 1. The zero-order valence-electron chi connectivity index (χ0n) is 17.3. The van der Waals surface area contributed by atoms with Crippen molar-refractivity contribution in [2.24, 2.45) is 0 Å². The van der Waals surface area contributed by atoms with Crippen LogP contribution < -0.4 is 15.8 Å². The van der Waals surface area contributed by atoms with E-state index in [0.29, 0.717) is 17.3 Å². The monoisotopic (exact) mass is 436 g/mol. The summed E-state index contributed by atoms with van der Waals surface area (Å²) >= 11 is 5.88. The number of halogens is 1. The summed E-state index contributed by atoms with van der Waals surface area (Å²) in [6, 6.07) is 18.6. The minimum absolute atomic E-state index is 0.133. The second-order valence-electron chi connectivity index (χ2n) is 7.71. The lowest BCUT2D eigenvalue weighted by Crippen LogP contribution is -2.33. The average Bonchev–Trinajstić information content (AvgIpc) is 2.81. The minimum atomic E-state index is -0.310. The Balaban J connectivity index is 1.42. The van der Waals surface area contributed by atoms with E-state index < -0.39 is 0 Å². The Morgan fingerprint density at radius 2 is 1.65 bits per heavy atom. The number of benzene rings is 2. The molecule has 1 N–H and O–H groups in total. The third-order valence-corrected chi connectivity index (χ3v) is 5.70. The number of rotatable bonds is 6. The predicted octanol–water partition coefficient (Wildman–Crippen LogP) is 3.87. The SMILES string of the molecule is O=C(Cn1nc(-c2ccc(N3CCCCC3)cc2)ccc1=O)NCc1ccc(Cl)cc1. The largest absolute Gasteiger partial charge is 0.372 e. The van der Waals surface area contributed by atoms with Gasteiger partial charge in [0.25, 0.3) is 5.56 Å². The number of amides is 1. The molecule has 2 aromatic carbocycles. The zero-order valence-corrected chi connectivity index (χ0v) is 18.0. The van der Waals surface area contributed by atoms with Crippen molar-refractivity contribution in [2.45, 2.75) is 32.4 Å². The fourth-order valence-electron chi connectivity index (χ4n) is 3.71. The Hall–Kier alpha value is -3.12. The first-order chi connectivity index (χ1) is 15.1. The number of anilines is 1. The van der Waals surface area contributed by atoms with E-state index in [9.17, 15) is 9.59 Å². The summed E-state index contributed by atoms with van der Waals surface area (Å²) in [6.07, 6.45) is 3.76. The Morgan fingerprint density at radius 3 is 2.35 bits per heavy atom. The highest BCUT2D eigenvalue weighted by atomic mass is 35.5. The fraction of sp³-hybridized carbons (Fsp3) is 0.292. The van der Waals surface area contributed by atoms with E-state index in [2.05, 4.69) is 27.4 Å². The van der Waals surface area contributed by atoms with Crippen LogP contribution in [-0.2, 0) is 17.9 Å². The lowest BCUT2D eigenvalue weighted by atomic mass is 10.1. The van der Waals surface area contributed by atoms with Gasteiger partial charge in [-0.25, -0.2) is 4.68 Å². The number of nitrogens with zero attached hydrogens (tertiary/aromatic N) is 3. The number of carbonyl (C=O) groups is 1. The van der Waals surface area contributed by atoms with E-state index in [-0.39, 0.29) is 18.0 Å². The maximum Gasteiger partial charge on any atom is 0.267 e. The number of hydrogen-bond acceptors (Lipinski definition) is 4. The number of nitrogens with one attached hydrogen (secondary N) is 1. The van der Waals surface area contributed by atoms with Gasteiger partial charge in [0, 0.05) is 42.0 Å².